The number of nitrogen functional groups attached to an aromatic ring is 1. The van der Waals surface area contributed by atoms with E-state index in [1.165, 1.54) is 0 Å². The van der Waals surface area contributed by atoms with Crippen LogP contribution in [0.2, 0.25) is 0 Å². The molecule has 17 heavy (non-hydrogen) atoms. The van der Waals surface area contributed by atoms with Crippen LogP contribution >= 0.6 is 23.1 Å². The van der Waals surface area contributed by atoms with Gasteiger partial charge in [-0.1, -0.05) is 20.8 Å². The Kier molecular flexibility index (Phi) is 3.89. The molecule has 0 bridgehead atoms. The standard InChI is InChI=1S/C12H17N3S2/c1-7(2)8(3)17-6-10-14-11(13)9-4-5-16-12(9)15-10/h4-5,7-8H,6H2,1-3H3,(H2,13,14,15). The first-order valence-corrected chi connectivity index (χ1v) is 7.62. The topological polar surface area (TPSA) is 51.8 Å². The molecule has 1 unspecified atom stereocenters. The minimum Gasteiger partial charge on any atom is -0.383 e. The fourth-order valence-corrected chi connectivity index (χ4v) is 3.10. The van der Waals surface area contributed by atoms with Gasteiger partial charge in [0.15, 0.2) is 0 Å². The van der Waals surface area contributed by atoms with Gasteiger partial charge in [-0.15, -0.1) is 11.3 Å². The Morgan fingerprint density at radius 2 is 2.12 bits per heavy atom. The van der Waals surface area contributed by atoms with Crippen molar-refractivity contribution in [2.75, 3.05) is 5.73 Å². The van der Waals surface area contributed by atoms with E-state index in [-0.39, 0.29) is 0 Å². The van der Waals surface area contributed by atoms with E-state index in [2.05, 4.69) is 30.7 Å². The third-order valence-corrected chi connectivity index (χ3v) is 5.12. The molecule has 1 atom stereocenters. The quantitative estimate of drug-likeness (QED) is 0.920. The van der Waals surface area contributed by atoms with Crippen LogP contribution in [0.15, 0.2) is 11.4 Å². The summed E-state index contributed by atoms with van der Waals surface area (Å²) < 4.78 is 0. The van der Waals surface area contributed by atoms with Crippen molar-refractivity contribution in [1.82, 2.24) is 9.97 Å². The van der Waals surface area contributed by atoms with Gasteiger partial charge in [0.2, 0.25) is 0 Å². The summed E-state index contributed by atoms with van der Waals surface area (Å²) in [6.45, 7) is 6.70. The average molecular weight is 267 g/mol. The van der Waals surface area contributed by atoms with E-state index in [4.69, 9.17) is 5.73 Å². The highest BCUT2D eigenvalue weighted by atomic mass is 32.2. The van der Waals surface area contributed by atoms with Crippen molar-refractivity contribution in [3.8, 4) is 0 Å². The van der Waals surface area contributed by atoms with Crippen molar-refractivity contribution < 1.29 is 0 Å². The highest BCUT2D eigenvalue weighted by Gasteiger charge is 2.10. The van der Waals surface area contributed by atoms with Crippen molar-refractivity contribution in [2.24, 2.45) is 5.92 Å². The van der Waals surface area contributed by atoms with Crippen molar-refractivity contribution in [3.05, 3.63) is 17.3 Å². The molecule has 2 N–H and O–H groups in total. The van der Waals surface area contributed by atoms with Gasteiger partial charge in [-0.2, -0.15) is 11.8 Å². The summed E-state index contributed by atoms with van der Waals surface area (Å²) in [5.74, 6) is 2.94. The molecule has 3 nitrogen and oxygen atoms in total. The number of thioether (sulfide) groups is 1. The number of nitrogens with zero attached hydrogens (tertiary/aromatic N) is 2. The molecule has 0 amide bonds. The van der Waals surface area contributed by atoms with Gasteiger partial charge in [-0.05, 0) is 17.4 Å². The third kappa shape index (κ3) is 2.90. The van der Waals surface area contributed by atoms with Crippen LogP contribution in [-0.2, 0) is 5.75 Å². The molecule has 0 aliphatic heterocycles. The number of nitrogens with two attached hydrogens (primary N) is 1. The second-order valence-corrected chi connectivity index (χ2v) is 6.68. The number of hydrogen-bond donors (Lipinski definition) is 1. The van der Waals surface area contributed by atoms with Gasteiger partial charge in [0.05, 0.1) is 11.1 Å². The fourth-order valence-electron chi connectivity index (χ4n) is 1.39. The number of rotatable bonds is 4. The number of aromatic nitrogens is 2. The molecule has 5 heteroatoms. The summed E-state index contributed by atoms with van der Waals surface area (Å²) in [7, 11) is 0. The van der Waals surface area contributed by atoms with Gasteiger partial charge in [-0.25, -0.2) is 9.97 Å². The maximum absolute atomic E-state index is 5.91. The Hall–Kier alpha value is -0.810. The Balaban J connectivity index is 2.13. The second-order valence-electron chi connectivity index (χ2n) is 4.42. The van der Waals surface area contributed by atoms with Gasteiger partial charge in [0, 0.05) is 5.25 Å². The molecule has 0 aliphatic rings. The maximum Gasteiger partial charge on any atom is 0.142 e. The summed E-state index contributed by atoms with van der Waals surface area (Å²) in [4.78, 5) is 9.88. The summed E-state index contributed by atoms with van der Waals surface area (Å²) >= 11 is 3.50. The van der Waals surface area contributed by atoms with Crippen LogP contribution in [0.5, 0.6) is 0 Å². The van der Waals surface area contributed by atoms with E-state index in [1.54, 1.807) is 11.3 Å². The predicted molar refractivity (Wildman–Crippen MR) is 77.4 cm³/mol. The van der Waals surface area contributed by atoms with Crippen molar-refractivity contribution >= 4 is 39.1 Å². The summed E-state index contributed by atoms with van der Waals surface area (Å²) in [6.07, 6.45) is 0. The normalized spacial score (nSPS) is 13.4. The van der Waals surface area contributed by atoms with Crippen LogP contribution < -0.4 is 5.73 Å². The molecule has 0 aromatic carbocycles. The molecule has 2 aromatic heterocycles. The zero-order valence-corrected chi connectivity index (χ0v) is 11.9. The molecular formula is C12H17N3S2. The molecule has 2 rings (SSSR count). The smallest absolute Gasteiger partial charge is 0.142 e. The van der Waals surface area contributed by atoms with Crippen LogP contribution in [0.4, 0.5) is 5.82 Å². The van der Waals surface area contributed by atoms with Crippen LogP contribution in [0.1, 0.15) is 26.6 Å². The van der Waals surface area contributed by atoms with Gasteiger partial charge in [0.25, 0.3) is 0 Å². The monoisotopic (exact) mass is 267 g/mol. The molecule has 0 saturated carbocycles. The summed E-state index contributed by atoms with van der Waals surface area (Å²) in [5.41, 5.74) is 5.91. The van der Waals surface area contributed by atoms with Gasteiger partial charge < -0.3 is 5.73 Å². The van der Waals surface area contributed by atoms with Crippen LogP contribution in [-0.4, -0.2) is 15.2 Å². The summed E-state index contributed by atoms with van der Waals surface area (Å²) in [6, 6.07) is 1.98. The molecule has 92 valence electrons. The van der Waals surface area contributed by atoms with Gasteiger partial charge >= 0.3 is 0 Å². The molecule has 0 radical (unpaired) electrons. The van der Waals surface area contributed by atoms with E-state index in [0.29, 0.717) is 17.0 Å². The van der Waals surface area contributed by atoms with Crippen molar-refractivity contribution in [1.29, 1.82) is 0 Å². The van der Waals surface area contributed by atoms with E-state index in [9.17, 15) is 0 Å². The highest BCUT2D eigenvalue weighted by molar-refractivity contribution is 7.99. The molecule has 0 aliphatic carbocycles. The average Bonchev–Trinajstić information content (AvgIpc) is 2.74. The highest BCUT2D eigenvalue weighted by Crippen LogP contribution is 2.26. The van der Waals surface area contributed by atoms with E-state index in [1.807, 2.05) is 23.2 Å². The number of anilines is 1. The molecule has 2 aromatic rings. The minimum atomic E-state index is 0.601. The molecule has 0 fully saturated rings. The Morgan fingerprint density at radius 1 is 1.35 bits per heavy atom. The Morgan fingerprint density at radius 3 is 2.82 bits per heavy atom. The van der Waals surface area contributed by atoms with E-state index >= 15 is 0 Å². The third-order valence-electron chi connectivity index (χ3n) is 2.82. The van der Waals surface area contributed by atoms with E-state index < -0.39 is 0 Å². The zero-order valence-electron chi connectivity index (χ0n) is 10.3. The lowest BCUT2D eigenvalue weighted by atomic mass is 10.2. The lowest BCUT2D eigenvalue weighted by Crippen LogP contribution is -2.07. The minimum absolute atomic E-state index is 0.601. The van der Waals surface area contributed by atoms with Crippen LogP contribution in [0, 0.1) is 5.92 Å². The predicted octanol–water partition coefficient (Wildman–Crippen LogP) is 3.55. The lowest BCUT2D eigenvalue weighted by molar-refractivity contribution is 0.642. The molecule has 2 heterocycles. The number of hydrogen-bond acceptors (Lipinski definition) is 5. The molecule has 0 saturated heterocycles. The second kappa shape index (κ2) is 5.23. The largest absolute Gasteiger partial charge is 0.383 e. The Labute approximate surface area is 110 Å². The SMILES string of the molecule is CC(C)C(C)SCc1nc(N)c2ccsc2n1. The molecule has 0 spiro atoms. The zero-order chi connectivity index (χ0) is 12.4. The van der Waals surface area contributed by atoms with Crippen LogP contribution in [0.25, 0.3) is 10.2 Å². The first kappa shape index (κ1) is 12.6. The van der Waals surface area contributed by atoms with E-state index in [0.717, 1.165) is 21.8 Å². The first-order chi connectivity index (χ1) is 8.08. The fraction of sp³-hybridized carbons (Fsp3) is 0.500. The first-order valence-electron chi connectivity index (χ1n) is 5.69. The number of thiophene rings is 1. The summed E-state index contributed by atoms with van der Waals surface area (Å²) in [5, 5.41) is 3.59. The maximum atomic E-state index is 5.91. The van der Waals surface area contributed by atoms with Gasteiger partial charge in [-0.3, -0.25) is 0 Å². The Bertz CT molecular complexity index is 507. The van der Waals surface area contributed by atoms with Crippen molar-refractivity contribution in [3.63, 3.8) is 0 Å². The number of fused-ring (bicyclic) bond motifs is 1. The van der Waals surface area contributed by atoms with Gasteiger partial charge in [0.1, 0.15) is 16.5 Å². The van der Waals surface area contributed by atoms with Crippen molar-refractivity contribution in [2.45, 2.75) is 31.8 Å². The molecular weight excluding hydrogens is 250 g/mol. The lowest BCUT2D eigenvalue weighted by Gasteiger charge is -2.14. The van der Waals surface area contributed by atoms with Crippen LogP contribution in [0.3, 0.4) is 0 Å².